The highest BCUT2D eigenvalue weighted by Gasteiger charge is 2.06. The van der Waals surface area contributed by atoms with Crippen molar-refractivity contribution in [2.24, 2.45) is 0 Å². The van der Waals surface area contributed by atoms with Gasteiger partial charge < -0.3 is 15.4 Å². The maximum absolute atomic E-state index is 13.5. The van der Waals surface area contributed by atoms with Gasteiger partial charge in [0.2, 0.25) is 5.88 Å². The van der Waals surface area contributed by atoms with E-state index >= 15 is 0 Å². The molecule has 0 aliphatic carbocycles. The molecule has 0 spiro atoms. The minimum absolute atomic E-state index is 0.367. The quantitative estimate of drug-likeness (QED) is 0.690. The van der Waals surface area contributed by atoms with Crippen molar-refractivity contribution >= 4 is 17.4 Å². The highest BCUT2D eigenvalue weighted by atomic mass is 19.1. The number of hydrogen-bond acceptors (Lipinski definition) is 4. The molecule has 0 atom stereocenters. The van der Waals surface area contributed by atoms with E-state index in [1.165, 1.54) is 6.07 Å². The van der Waals surface area contributed by atoms with Crippen LogP contribution in [0.4, 0.5) is 20.6 Å². The zero-order chi connectivity index (χ0) is 19.2. The molecule has 0 saturated carbocycles. The van der Waals surface area contributed by atoms with Gasteiger partial charge in [-0.1, -0.05) is 18.2 Å². The van der Waals surface area contributed by atoms with Crippen LogP contribution in [0.2, 0.25) is 0 Å². The summed E-state index contributed by atoms with van der Waals surface area (Å²) in [6, 6.07) is 14.8. The molecule has 2 amide bonds. The molecule has 0 aliphatic heterocycles. The number of urea groups is 1. The topological polar surface area (TPSA) is 76.1 Å². The number of anilines is 2. The molecule has 1 heterocycles. The summed E-state index contributed by atoms with van der Waals surface area (Å²) in [5, 5.41) is 13.4. The molecule has 2 N–H and O–H groups in total. The van der Waals surface area contributed by atoms with Gasteiger partial charge in [0.25, 0.3) is 0 Å². The molecule has 2 aromatic carbocycles. The SMILES string of the molecule is CCOc1ccc(-c2ccc(NC(=O)Nc3ccc(C)c(F)c3)cc2)nn1. The molecule has 7 heteroatoms. The summed E-state index contributed by atoms with van der Waals surface area (Å²) in [6.07, 6.45) is 0. The first-order chi connectivity index (χ1) is 13.0. The lowest BCUT2D eigenvalue weighted by atomic mass is 10.1. The third kappa shape index (κ3) is 4.78. The van der Waals surface area contributed by atoms with Gasteiger partial charge in [-0.15, -0.1) is 10.2 Å². The summed E-state index contributed by atoms with van der Waals surface area (Å²) >= 11 is 0. The average molecular weight is 366 g/mol. The molecule has 3 aromatic rings. The maximum Gasteiger partial charge on any atom is 0.323 e. The van der Waals surface area contributed by atoms with Crippen molar-refractivity contribution in [1.29, 1.82) is 0 Å². The van der Waals surface area contributed by atoms with Crippen LogP contribution in [-0.4, -0.2) is 22.8 Å². The molecule has 6 nitrogen and oxygen atoms in total. The van der Waals surface area contributed by atoms with Crippen LogP contribution < -0.4 is 15.4 Å². The van der Waals surface area contributed by atoms with Gasteiger partial charge in [0.15, 0.2) is 0 Å². The van der Waals surface area contributed by atoms with Gasteiger partial charge in [-0.05, 0) is 49.7 Å². The first-order valence-corrected chi connectivity index (χ1v) is 8.46. The minimum Gasteiger partial charge on any atom is -0.477 e. The van der Waals surface area contributed by atoms with Crippen LogP contribution in [0, 0.1) is 12.7 Å². The summed E-state index contributed by atoms with van der Waals surface area (Å²) in [6.45, 7) is 4.08. The highest BCUT2D eigenvalue weighted by molar-refractivity contribution is 5.99. The van der Waals surface area contributed by atoms with Crippen LogP contribution in [-0.2, 0) is 0 Å². The van der Waals surface area contributed by atoms with Gasteiger partial charge in [0.1, 0.15) is 5.82 Å². The van der Waals surface area contributed by atoms with E-state index in [1.54, 1.807) is 37.3 Å². The Labute approximate surface area is 156 Å². The van der Waals surface area contributed by atoms with E-state index in [1.807, 2.05) is 25.1 Å². The van der Waals surface area contributed by atoms with Crippen molar-refractivity contribution in [3.8, 4) is 17.1 Å². The van der Waals surface area contributed by atoms with E-state index in [9.17, 15) is 9.18 Å². The number of carbonyl (C=O) groups excluding carboxylic acids is 1. The van der Waals surface area contributed by atoms with Gasteiger partial charge in [-0.2, -0.15) is 0 Å². The van der Waals surface area contributed by atoms with E-state index in [0.717, 1.165) is 5.56 Å². The third-order valence-electron chi connectivity index (χ3n) is 3.80. The monoisotopic (exact) mass is 366 g/mol. The Kier molecular flexibility index (Phi) is 5.61. The summed E-state index contributed by atoms with van der Waals surface area (Å²) in [7, 11) is 0. The first-order valence-electron chi connectivity index (χ1n) is 8.46. The maximum atomic E-state index is 13.5. The minimum atomic E-state index is -0.452. The van der Waals surface area contributed by atoms with Gasteiger partial charge in [0, 0.05) is 23.0 Å². The number of rotatable bonds is 5. The fraction of sp³-hybridized carbons (Fsp3) is 0.150. The number of aromatic nitrogens is 2. The molecule has 0 saturated heterocycles. The first kappa shape index (κ1) is 18.3. The zero-order valence-electron chi connectivity index (χ0n) is 15.0. The number of nitrogens with zero attached hydrogens (tertiary/aromatic N) is 2. The van der Waals surface area contributed by atoms with Crippen molar-refractivity contribution < 1.29 is 13.9 Å². The summed E-state index contributed by atoms with van der Waals surface area (Å²) < 4.78 is 18.8. The van der Waals surface area contributed by atoms with Crippen molar-refractivity contribution in [3.05, 3.63) is 66.0 Å². The normalized spacial score (nSPS) is 10.3. The third-order valence-corrected chi connectivity index (χ3v) is 3.80. The molecule has 0 aliphatic rings. The van der Waals surface area contributed by atoms with Crippen LogP contribution in [0.1, 0.15) is 12.5 Å². The molecule has 0 unspecified atom stereocenters. The van der Waals surface area contributed by atoms with Gasteiger partial charge >= 0.3 is 6.03 Å². The second-order valence-corrected chi connectivity index (χ2v) is 5.81. The number of hydrogen-bond donors (Lipinski definition) is 2. The Balaban J connectivity index is 1.62. The van der Waals surface area contributed by atoms with E-state index < -0.39 is 6.03 Å². The van der Waals surface area contributed by atoms with E-state index in [2.05, 4.69) is 20.8 Å². The number of aryl methyl sites for hydroxylation is 1. The molecule has 138 valence electrons. The van der Waals surface area contributed by atoms with E-state index in [0.29, 0.717) is 35.1 Å². The Morgan fingerprint density at radius 1 is 1.00 bits per heavy atom. The Hall–Kier alpha value is -3.48. The van der Waals surface area contributed by atoms with Gasteiger partial charge in [-0.25, -0.2) is 9.18 Å². The van der Waals surface area contributed by atoms with Gasteiger partial charge in [0.05, 0.1) is 12.3 Å². The largest absolute Gasteiger partial charge is 0.477 e. The molecular weight excluding hydrogens is 347 g/mol. The average Bonchev–Trinajstić information content (AvgIpc) is 2.66. The standard InChI is InChI=1S/C20H19FN4O2/c1-3-27-19-11-10-18(24-25-19)14-5-8-15(9-6-14)22-20(26)23-16-7-4-13(2)17(21)12-16/h4-12H,3H2,1-2H3,(H2,22,23,26). The van der Waals surface area contributed by atoms with E-state index in [-0.39, 0.29) is 5.82 Å². The van der Waals surface area contributed by atoms with Crippen molar-refractivity contribution in [1.82, 2.24) is 10.2 Å². The van der Waals surface area contributed by atoms with Gasteiger partial charge in [-0.3, -0.25) is 0 Å². The van der Waals surface area contributed by atoms with Crippen LogP contribution >= 0.6 is 0 Å². The van der Waals surface area contributed by atoms with Crippen molar-refractivity contribution in [2.45, 2.75) is 13.8 Å². The predicted octanol–water partition coefficient (Wildman–Crippen LogP) is 4.63. The molecule has 0 fully saturated rings. The smallest absolute Gasteiger partial charge is 0.323 e. The second kappa shape index (κ2) is 8.27. The number of nitrogens with one attached hydrogen (secondary N) is 2. The molecule has 3 rings (SSSR count). The second-order valence-electron chi connectivity index (χ2n) is 5.81. The highest BCUT2D eigenvalue weighted by Crippen LogP contribution is 2.20. The predicted molar refractivity (Wildman–Crippen MR) is 102 cm³/mol. The fourth-order valence-electron chi connectivity index (χ4n) is 2.39. The van der Waals surface area contributed by atoms with Crippen LogP contribution in [0.25, 0.3) is 11.3 Å². The number of benzene rings is 2. The van der Waals surface area contributed by atoms with Crippen LogP contribution in [0.15, 0.2) is 54.6 Å². The number of amides is 2. The molecular formula is C20H19FN4O2. The zero-order valence-corrected chi connectivity index (χ0v) is 15.0. The summed E-state index contributed by atoms with van der Waals surface area (Å²) in [4.78, 5) is 12.1. The number of carbonyl (C=O) groups is 1. The number of ether oxygens (including phenoxy) is 1. The summed E-state index contributed by atoms with van der Waals surface area (Å²) in [5.41, 5.74) is 3.07. The van der Waals surface area contributed by atoms with E-state index in [4.69, 9.17) is 4.74 Å². The van der Waals surface area contributed by atoms with Crippen LogP contribution in [0.5, 0.6) is 5.88 Å². The molecule has 0 radical (unpaired) electrons. The van der Waals surface area contributed by atoms with Crippen LogP contribution in [0.3, 0.4) is 0 Å². The Bertz CT molecular complexity index is 928. The Morgan fingerprint density at radius 3 is 2.33 bits per heavy atom. The Morgan fingerprint density at radius 2 is 1.70 bits per heavy atom. The lowest BCUT2D eigenvalue weighted by molar-refractivity contribution is 0.262. The molecule has 0 bridgehead atoms. The lowest BCUT2D eigenvalue weighted by Gasteiger charge is -2.09. The number of halogens is 1. The lowest BCUT2D eigenvalue weighted by Crippen LogP contribution is -2.19. The molecule has 27 heavy (non-hydrogen) atoms. The van der Waals surface area contributed by atoms with Crippen molar-refractivity contribution in [2.75, 3.05) is 17.2 Å². The molecule has 1 aromatic heterocycles. The van der Waals surface area contributed by atoms with Crippen molar-refractivity contribution in [3.63, 3.8) is 0 Å². The summed E-state index contributed by atoms with van der Waals surface area (Å²) in [5.74, 6) is 0.109. The fourth-order valence-corrected chi connectivity index (χ4v) is 2.39.